The van der Waals surface area contributed by atoms with E-state index >= 15 is 0 Å². The van der Waals surface area contributed by atoms with Crippen LogP contribution < -0.4 is 0 Å². The summed E-state index contributed by atoms with van der Waals surface area (Å²) in [6.07, 6.45) is 6.90. The molecule has 0 aliphatic carbocycles. The molecule has 2 unspecified atom stereocenters. The van der Waals surface area contributed by atoms with Crippen molar-refractivity contribution in [1.82, 2.24) is 24.8 Å². The van der Waals surface area contributed by atoms with Crippen LogP contribution in [0.25, 0.3) is 11.0 Å². The predicted molar refractivity (Wildman–Crippen MR) is 164 cm³/mol. The molecule has 11 heteroatoms. The van der Waals surface area contributed by atoms with Crippen LogP contribution in [0.5, 0.6) is 0 Å². The van der Waals surface area contributed by atoms with Crippen molar-refractivity contribution in [2.45, 2.75) is 89.3 Å². The van der Waals surface area contributed by atoms with E-state index in [1.165, 1.54) is 0 Å². The van der Waals surface area contributed by atoms with E-state index in [0.717, 1.165) is 5.52 Å². The van der Waals surface area contributed by atoms with Crippen LogP contribution in [0.2, 0.25) is 0 Å². The number of nitrogens with zero attached hydrogens (tertiary/aromatic N) is 5. The number of para-hydroxylation sites is 1. The number of carbonyl (C=O) groups is 3. The zero-order valence-corrected chi connectivity index (χ0v) is 26.1. The van der Waals surface area contributed by atoms with Gasteiger partial charge in [0.25, 0.3) is 0 Å². The minimum Gasteiger partial charge on any atom is -0.465 e. The van der Waals surface area contributed by atoms with Gasteiger partial charge in [0.1, 0.15) is 29.7 Å². The van der Waals surface area contributed by atoms with Gasteiger partial charge >= 0.3 is 5.97 Å². The van der Waals surface area contributed by atoms with Crippen molar-refractivity contribution in [3.05, 3.63) is 49.6 Å². The van der Waals surface area contributed by atoms with Gasteiger partial charge in [-0.1, -0.05) is 56.7 Å². The highest BCUT2D eigenvalue weighted by atomic mass is 16.6. The zero-order valence-electron chi connectivity index (χ0n) is 26.1. The Kier molecular flexibility index (Phi) is 9.27. The number of hydrogen-bond acceptors (Lipinski definition) is 8. The number of carbonyl (C=O) groups excluding carboxylic acids is 3. The molecule has 2 bridgehead atoms. The number of aromatic nitrogens is 3. The summed E-state index contributed by atoms with van der Waals surface area (Å²) in [6.45, 7) is 13.7. The lowest BCUT2D eigenvalue weighted by atomic mass is 9.65. The molecule has 2 aromatic rings. The van der Waals surface area contributed by atoms with Gasteiger partial charge in [0.05, 0.1) is 36.3 Å². The van der Waals surface area contributed by atoms with Crippen LogP contribution in [-0.2, 0) is 30.5 Å². The van der Waals surface area contributed by atoms with E-state index in [1.54, 1.807) is 26.6 Å². The van der Waals surface area contributed by atoms with Crippen molar-refractivity contribution in [3.63, 3.8) is 0 Å². The predicted octanol–water partition coefficient (Wildman–Crippen LogP) is 3.47. The van der Waals surface area contributed by atoms with Crippen molar-refractivity contribution in [1.29, 1.82) is 0 Å². The van der Waals surface area contributed by atoms with Gasteiger partial charge in [-0.2, -0.15) is 0 Å². The molecule has 1 aromatic carbocycles. The molecule has 5 rings (SSSR count). The van der Waals surface area contributed by atoms with Crippen LogP contribution in [-0.4, -0.2) is 90.7 Å². The zero-order chi connectivity index (χ0) is 31.6. The van der Waals surface area contributed by atoms with Crippen LogP contribution in [0.3, 0.4) is 0 Å². The summed E-state index contributed by atoms with van der Waals surface area (Å²) >= 11 is 0. The topological polar surface area (TPSA) is 127 Å². The number of unbranched alkanes of at least 4 members (excludes halogenated alkanes) is 1. The molecular formula is C33H45N5O6. The van der Waals surface area contributed by atoms with Crippen molar-refractivity contribution in [3.8, 4) is 0 Å². The second-order valence-electron chi connectivity index (χ2n) is 12.4. The number of likely N-dealkylation sites (tertiary alicyclic amines) is 1. The van der Waals surface area contributed by atoms with Crippen LogP contribution >= 0.6 is 0 Å². The Morgan fingerprint density at radius 3 is 2.70 bits per heavy atom. The number of hydrogen-bond donors (Lipinski definition) is 1. The molecule has 3 saturated heterocycles. The normalized spacial score (nSPS) is 28.6. The maximum absolute atomic E-state index is 14.9. The number of esters is 1. The minimum absolute atomic E-state index is 0.0749. The van der Waals surface area contributed by atoms with Gasteiger partial charge in [-0.25, -0.2) is 4.68 Å². The Morgan fingerprint density at radius 1 is 1.25 bits per heavy atom. The molecule has 1 aromatic heterocycles. The first-order chi connectivity index (χ1) is 21.2. The standard InChI is InChI=1S/C33H45N5O6/c1-6-10-13-19-43-31(42)27-26-29(40)38(25(20-39)22(5)8-3)28(33(26)17-16-32(27,9-4)44-33)30(41)36(18-7-2)21-37-24-15-12-11-14-23(24)34-35-37/h6-7,11-12,14-15,22,25-28,39H,1-2,8-10,13,16-21H2,3-5H3/t22-,25-,26-,27+,28?,32-,33?/m0/s1. The average Bonchev–Trinajstić information content (AvgIpc) is 3.76. The van der Waals surface area contributed by atoms with Crippen LogP contribution in [0.1, 0.15) is 59.3 Å². The van der Waals surface area contributed by atoms with Gasteiger partial charge < -0.3 is 24.4 Å². The van der Waals surface area contributed by atoms with E-state index in [1.807, 2.05) is 45.0 Å². The Labute approximate surface area is 258 Å². The Morgan fingerprint density at radius 2 is 2.02 bits per heavy atom. The van der Waals surface area contributed by atoms with E-state index in [-0.39, 0.29) is 44.2 Å². The summed E-state index contributed by atoms with van der Waals surface area (Å²) in [7, 11) is 0. The van der Waals surface area contributed by atoms with E-state index in [4.69, 9.17) is 9.47 Å². The first-order valence-corrected chi connectivity index (χ1v) is 15.8. The molecule has 11 nitrogen and oxygen atoms in total. The number of rotatable bonds is 15. The number of benzene rings is 1. The fourth-order valence-corrected chi connectivity index (χ4v) is 7.69. The van der Waals surface area contributed by atoms with Gasteiger partial charge in [0, 0.05) is 6.54 Å². The van der Waals surface area contributed by atoms with Gasteiger partial charge in [-0.15, -0.1) is 18.3 Å². The summed E-state index contributed by atoms with van der Waals surface area (Å²) in [6, 6.07) is 5.80. The van der Waals surface area contributed by atoms with E-state index in [0.29, 0.717) is 44.0 Å². The highest BCUT2D eigenvalue weighted by Gasteiger charge is 2.79. The van der Waals surface area contributed by atoms with Gasteiger partial charge in [0.15, 0.2) is 0 Å². The summed E-state index contributed by atoms with van der Waals surface area (Å²) < 4.78 is 14.3. The Balaban J connectivity index is 1.57. The number of aliphatic hydroxyl groups excluding tert-OH is 1. The quantitative estimate of drug-likeness (QED) is 0.185. The molecule has 3 fully saturated rings. The summed E-state index contributed by atoms with van der Waals surface area (Å²) in [5.41, 5.74) is -0.680. The van der Waals surface area contributed by atoms with Gasteiger partial charge in [-0.05, 0) is 50.2 Å². The molecule has 4 heterocycles. The molecule has 7 atom stereocenters. The molecular weight excluding hydrogens is 562 g/mol. The van der Waals surface area contributed by atoms with E-state index in [2.05, 4.69) is 23.5 Å². The molecule has 0 saturated carbocycles. The van der Waals surface area contributed by atoms with Gasteiger partial charge in [0.2, 0.25) is 11.8 Å². The Hall–Kier alpha value is -3.57. The maximum Gasteiger partial charge on any atom is 0.312 e. The number of aliphatic hydroxyl groups is 1. The molecule has 0 radical (unpaired) electrons. The first kappa shape index (κ1) is 31.8. The third-order valence-corrected chi connectivity index (χ3v) is 10.1. The fourth-order valence-electron chi connectivity index (χ4n) is 7.69. The smallest absolute Gasteiger partial charge is 0.312 e. The average molecular weight is 608 g/mol. The fraction of sp³-hybridized carbons (Fsp3) is 0.606. The summed E-state index contributed by atoms with van der Waals surface area (Å²) in [5.74, 6) is -2.99. The number of amides is 2. The molecule has 1 N–H and O–H groups in total. The third-order valence-electron chi connectivity index (χ3n) is 10.1. The van der Waals surface area contributed by atoms with Crippen molar-refractivity contribution in [2.24, 2.45) is 17.8 Å². The maximum atomic E-state index is 14.9. The minimum atomic E-state index is -1.24. The van der Waals surface area contributed by atoms with Gasteiger partial charge in [-0.3, -0.25) is 14.4 Å². The molecule has 238 valence electrons. The highest BCUT2D eigenvalue weighted by molar-refractivity contribution is 5.98. The van der Waals surface area contributed by atoms with E-state index < -0.39 is 41.1 Å². The largest absolute Gasteiger partial charge is 0.465 e. The first-order valence-electron chi connectivity index (χ1n) is 15.8. The lowest BCUT2D eigenvalue weighted by molar-refractivity contribution is -0.164. The molecule has 3 aliphatic rings. The molecule has 1 spiro atoms. The van der Waals surface area contributed by atoms with Crippen molar-refractivity contribution in [2.75, 3.05) is 19.8 Å². The number of allylic oxidation sites excluding steroid dienone is 1. The molecule has 2 amide bonds. The lowest BCUT2D eigenvalue weighted by Gasteiger charge is -2.41. The highest BCUT2D eigenvalue weighted by Crippen LogP contribution is 2.65. The molecule has 44 heavy (non-hydrogen) atoms. The second-order valence-corrected chi connectivity index (χ2v) is 12.4. The Bertz CT molecular complexity index is 1410. The van der Waals surface area contributed by atoms with Crippen LogP contribution in [0, 0.1) is 17.8 Å². The van der Waals surface area contributed by atoms with Crippen molar-refractivity contribution >= 4 is 28.8 Å². The second kappa shape index (κ2) is 12.8. The summed E-state index contributed by atoms with van der Waals surface area (Å²) in [4.78, 5) is 46.4. The van der Waals surface area contributed by atoms with Crippen LogP contribution in [0.15, 0.2) is 49.6 Å². The van der Waals surface area contributed by atoms with E-state index in [9.17, 15) is 19.5 Å². The SMILES string of the molecule is C=CCCCOC(=O)[C@H]1[C@H]2C(=O)N([C@@H](CO)[C@@H](C)CC)C(C(=O)N(CC=C)Cn3nnc4ccccc43)C23CC[C@]1(CC)O3. The number of ether oxygens (including phenoxy) is 2. The monoisotopic (exact) mass is 607 g/mol. The lowest BCUT2D eigenvalue weighted by Crippen LogP contribution is -2.60. The van der Waals surface area contributed by atoms with Crippen LogP contribution in [0.4, 0.5) is 0 Å². The third kappa shape index (κ3) is 5.03. The summed E-state index contributed by atoms with van der Waals surface area (Å²) in [5, 5.41) is 19.2. The molecule has 3 aliphatic heterocycles. The number of fused-ring (bicyclic) bond motifs is 2. The van der Waals surface area contributed by atoms with Crippen molar-refractivity contribution < 1.29 is 29.0 Å².